The summed E-state index contributed by atoms with van der Waals surface area (Å²) >= 11 is 12.0. The van der Waals surface area contributed by atoms with Gasteiger partial charge < -0.3 is 19.1 Å². The molecule has 2 aliphatic heterocycles. The Labute approximate surface area is 138 Å². The Morgan fingerprint density at radius 2 is 2.05 bits per heavy atom. The third-order valence-electron chi connectivity index (χ3n) is 3.53. The van der Waals surface area contributed by atoms with Gasteiger partial charge in [0.15, 0.2) is 0 Å². The summed E-state index contributed by atoms with van der Waals surface area (Å²) in [5, 5.41) is 0.963. The van der Waals surface area contributed by atoms with Crippen LogP contribution in [0.5, 0.6) is 0 Å². The number of nitrogens with zero attached hydrogens (tertiary/aromatic N) is 1. The number of ether oxygens (including phenoxy) is 3. The Bertz CT molecular complexity index is 605. The van der Waals surface area contributed by atoms with E-state index < -0.39 is 0 Å². The molecule has 1 atom stereocenters. The summed E-state index contributed by atoms with van der Waals surface area (Å²) in [5.74, 6) is 0.0501. The molecule has 3 rings (SSSR count). The second-order valence-corrected chi connectivity index (χ2v) is 5.80. The number of morpholine rings is 1. The largest absolute Gasteiger partial charge is 0.494 e. The van der Waals surface area contributed by atoms with Crippen molar-refractivity contribution < 1.29 is 19.0 Å². The van der Waals surface area contributed by atoms with Crippen LogP contribution < -0.4 is 0 Å². The highest BCUT2D eigenvalue weighted by Gasteiger charge is 2.29. The van der Waals surface area contributed by atoms with Crippen molar-refractivity contribution in [2.24, 2.45) is 0 Å². The van der Waals surface area contributed by atoms with Crippen LogP contribution >= 0.6 is 23.2 Å². The Balaban J connectivity index is 1.72. The first-order valence-electron chi connectivity index (χ1n) is 6.95. The van der Waals surface area contributed by atoms with E-state index in [0.29, 0.717) is 43.0 Å². The van der Waals surface area contributed by atoms with E-state index in [1.165, 1.54) is 6.26 Å². The highest BCUT2D eigenvalue weighted by molar-refractivity contribution is 6.42. The van der Waals surface area contributed by atoms with Crippen molar-refractivity contribution in [2.45, 2.75) is 6.10 Å². The van der Waals surface area contributed by atoms with Crippen molar-refractivity contribution in [3.8, 4) is 0 Å². The van der Waals surface area contributed by atoms with E-state index in [0.717, 1.165) is 5.56 Å². The molecule has 0 aromatic heterocycles. The molecule has 1 aromatic carbocycles. The number of hydrogen-bond acceptors (Lipinski definition) is 4. The topological polar surface area (TPSA) is 48.0 Å². The van der Waals surface area contributed by atoms with E-state index in [-0.39, 0.29) is 17.8 Å². The zero-order valence-corrected chi connectivity index (χ0v) is 13.3. The summed E-state index contributed by atoms with van der Waals surface area (Å²) in [6.07, 6.45) is 1.13. The Hall–Kier alpha value is -1.43. The zero-order valence-electron chi connectivity index (χ0n) is 11.8. The van der Waals surface area contributed by atoms with E-state index in [1.54, 1.807) is 17.0 Å². The summed E-state index contributed by atoms with van der Waals surface area (Å²) in [5.41, 5.74) is 0.890. The van der Waals surface area contributed by atoms with Crippen LogP contribution in [0, 0.1) is 0 Å². The van der Waals surface area contributed by atoms with Crippen LogP contribution in [-0.4, -0.2) is 43.7 Å². The fourth-order valence-electron chi connectivity index (χ4n) is 2.38. The first-order valence-corrected chi connectivity index (χ1v) is 7.71. The second kappa shape index (κ2) is 6.77. The van der Waals surface area contributed by atoms with Gasteiger partial charge in [0.1, 0.15) is 25.6 Å². The fraction of sp³-hybridized carbons (Fsp3) is 0.400. The van der Waals surface area contributed by atoms with Gasteiger partial charge in [0.2, 0.25) is 5.76 Å². The molecule has 1 fully saturated rings. The Morgan fingerprint density at radius 1 is 1.18 bits per heavy atom. The molecule has 0 aliphatic carbocycles. The predicted octanol–water partition coefficient (Wildman–Crippen LogP) is 2.78. The van der Waals surface area contributed by atoms with Gasteiger partial charge in [-0.15, -0.1) is 0 Å². The Kier molecular flexibility index (Phi) is 4.76. The van der Waals surface area contributed by atoms with Gasteiger partial charge in [0.05, 0.1) is 23.2 Å². The molecule has 1 aromatic rings. The molecule has 0 N–H and O–H groups in total. The maximum Gasteiger partial charge on any atom is 0.292 e. The highest BCUT2D eigenvalue weighted by atomic mass is 35.5. The summed E-state index contributed by atoms with van der Waals surface area (Å²) < 4.78 is 16.2. The van der Waals surface area contributed by atoms with Gasteiger partial charge in [-0.3, -0.25) is 4.79 Å². The van der Waals surface area contributed by atoms with Crippen molar-refractivity contribution in [3.05, 3.63) is 45.8 Å². The monoisotopic (exact) mass is 343 g/mol. The van der Waals surface area contributed by atoms with Gasteiger partial charge >= 0.3 is 0 Å². The van der Waals surface area contributed by atoms with Gasteiger partial charge in [0, 0.05) is 6.54 Å². The molecule has 0 spiro atoms. The van der Waals surface area contributed by atoms with Crippen LogP contribution in [0.1, 0.15) is 11.7 Å². The van der Waals surface area contributed by atoms with Crippen LogP contribution in [0.15, 0.2) is 30.2 Å². The average Bonchev–Trinajstić information content (AvgIpc) is 2.57. The van der Waals surface area contributed by atoms with Crippen LogP contribution in [0.4, 0.5) is 0 Å². The summed E-state index contributed by atoms with van der Waals surface area (Å²) in [6.45, 7) is 2.24. The van der Waals surface area contributed by atoms with Crippen LogP contribution in [0.2, 0.25) is 10.0 Å². The summed E-state index contributed by atoms with van der Waals surface area (Å²) in [4.78, 5) is 14.1. The molecular weight excluding hydrogens is 329 g/mol. The van der Waals surface area contributed by atoms with Crippen molar-refractivity contribution in [1.29, 1.82) is 0 Å². The van der Waals surface area contributed by atoms with Gasteiger partial charge in [-0.2, -0.15) is 0 Å². The number of benzene rings is 1. The average molecular weight is 344 g/mol. The maximum absolute atomic E-state index is 12.4. The number of amides is 1. The van der Waals surface area contributed by atoms with Crippen LogP contribution in [0.25, 0.3) is 0 Å². The molecule has 0 unspecified atom stereocenters. The maximum atomic E-state index is 12.4. The molecule has 0 saturated carbocycles. The molecular formula is C15H15Cl2NO4. The van der Waals surface area contributed by atoms with Gasteiger partial charge in [0.25, 0.3) is 5.91 Å². The van der Waals surface area contributed by atoms with Crippen molar-refractivity contribution >= 4 is 29.1 Å². The number of carbonyl (C=O) groups is 1. The molecule has 0 radical (unpaired) electrons. The first kappa shape index (κ1) is 15.5. The minimum absolute atomic E-state index is 0.187. The normalized spacial score (nSPS) is 21.6. The standard InChI is InChI=1S/C15H15Cl2NO4/c16-11-2-1-10(7-12(11)17)13-8-18(3-4-21-13)15(19)14-9-20-5-6-22-14/h1-2,7,9,13H,3-6,8H2/t13-/m1/s1. The van der Waals surface area contributed by atoms with Crippen LogP contribution in [-0.2, 0) is 19.0 Å². The molecule has 0 bridgehead atoms. The molecule has 1 saturated heterocycles. The van der Waals surface area contributed by atoms with E-state index in [1.807, 2.05) is 6.07 Å². The van der Waals surface area contributed by atoms with E-state index in [2.05, 4.69) is 0 Å². The molecule has 22 heavy (non-hydrogen) atoms. The van der Waals surface area contributed by atoms with Gasteiger partial charge in [-0.1, -0.05) is 29.3 Å². The van der Waals surface area contributed by atoms with Crippen LogP contribution in [0.3, 0.4) is 0 Å². The minimum atomic E-state index is -0.238. The van der Waals surface area contributed by atoms with Gasteiger partial charge in [-0.25, -0.2) is 0 Å². The Morgan fingerprint density at radius 3 is 2.77 bits per heavy atom. The molecule has 118 valence electrons. The quantitative estimate of drug-likeness (QED) is 0.828. The van der Waals surface area contributed by atoms with Crippen molar-refractivity contribution in [1.82, 2.24) is 4.90 Å². The zero-order chi connectivity index (χ0) is 15.5. The lowest BCUT2D eigenvalue weighted by Crippen LogP contribution is -2.43. The molecule has 5 nitrogen and oxygen atoms in total. The van der Waals surface area contributed by atoms with Crippen molar-refractivity contribution in [2.75, 3.05) is 32.9 Å². The fourth-order valence-corrected chi connectivity index (χ4v) is 2.69. The summed E-state index contributed by atoms with van der Waals surface area (Å²) in [7, 11) is 0. The van der Waals surface area contributed by atoms with E-state index >= 15 is 0 Å². The second-order valence-electron chi connectivity index (χ2n) is 4.99. The lowest BCUT2D eigenvalue weighted by atomic mass is 10.1. The minimum Gasteiger partial charge on any atom is -0.494 e. The third-order valence-corrected chi connectivity index (χ3v) is 4.27. The van der Waals surface area contributed by atoms with E-state index in [4.69, 9.17) is 37.4 Å². The molecule has 2 heterocycles. The number of carbonyl (C=O) groups excluding carboxylic acids is 1. The lowest BCUT2D eigenvalue weighted by molar-refractivity contribution is -0.140. The highest BCUT2D eigenvalue weighted by Crippen LogP contribution is 2.29. The van der Waals surface area contributed by atoms with E-state index in [9.17, 15) is 4.79 Å². The van der Waals surface area contributed by atoms with Gasteiger partial charge in [-0.05, 0) is 17.7 Å². The molecule has 1 amide bonds. The van der Waals surface area contributed by atoms with Crippen molar-refractivity contribution in [3.63, 3.8) is 0 Å². The first-order chi connectivity index (χ1) is 10.6. The predicted molar refractivity (Wildman–Crippen MR) is 81.7 cm³/mol. The molecule has 7 heteroatoms. The summed E-state index contributed by atoms with van der Waals surface area (Å²) in [6, 6.07) is 5.35. The third kappa shape index (κ3) is 3.32. The number of halogens is 2. The SMILES string of the molecule is O=C(C1=COCCO1)N1CCO[C@@H](c2ccc(Cl)c(Cl)c2)C1. The number of rotatable bonds is 2. The molecule has 2 aliphatic rings. The lowest BCUT2D eigenvalue weighted by Gasteiger charge is -2.33. The smallest absolute Gasteiger partial charge is 0.292 e. The number of hydrogen-bond donors (Lipinski definition) is 0.